The van der Waals surface area contributed by atoms with E-state index in [1.165, 1.54) is 22.6 Å². The Morgan fingerprint density at radius 2 is 1.91 bits per heavy atom. The topological polar surface area (TPSA) is 85.4 Å². The largest absolute Gasteiger partial charge is 0.440 e. The van der Waals surface area contributed by atoms with E-state index < -0.39 is 0 Å². The first-order chi connectivity index (χ1) is 16.2. The van der Waals surface area contributed by atoms with E-state index >= 15 is 0 Å². The van der Waals surface area contributed by atoms with Crippen LogP contribution >= 0.6 is 11.5 Å². The summed E-state index contributed by atoms with van der Waals surface area (Å²) in [6, 6.07) is 13.7. The Kier molecular flexibility index (Phi) is 6.60. The molecule has 2 fully saturated rings. The Hall–Kier alpha value is -2.89. The Morgan fingerprint density at radius 1 is 1.12 bits per heavy atom. The van der Waals surface area contributed by atoms with Crippen LogP contribution < -0.4 is 10.2 Å². The lowest BCUT2D eigenvalue weighted by molar-refractivity contribution is 0.0891. The van der Waals surface area contributed by atoms with E-state index in [9.17, 15) is 4.79 Å². The second kappa shape index (κ2) is 9.94. The van der Waals surface area contributed by atoms with Crippen LogP contribution in [0.1, 0.15) is 48.4 Å². The number of aromatic nitrogens is 1. The summed E-state index contributed by atoms with van der Waals surface area (Å²) < 4.78 is 11.2. The summed E-state index contributed by atoms with van der Waals surface area (Å²) in [5.74, 6) is 2.05. The van der Waals surface area contributed by atoms with Crippen LogP contribution in [-0.4, -0.2) is 53.9 Å². The summed E-state index contributed by atoms with van der Waals surface area (Å²) in [6.45, 7) is 5.40. The number of nitriles is 1. The molecule has 8 heteroatoms. The Balaban J connectivity index is 1.02. The second-order valence-electron chi connectivity index (χ2n) is 9.09. The van der Waals surface area contributed by atoms with Crippen molar-refractivity contribution in [2.75, 3.05) is 37.6 Å². The van der Waals surface area contributed by atoms with Crippen molar-refractivity contribution in [2.24, 2.45) is 5.92 Å². The van der Waals surface area contributed by atoms with Crippen LogP contribution in [0, 0.1) is 17.2 Å². The van der Waals surface area contributed by atoms with Gasteiger partial charge in [0, 0.05) is 37.6 Å². The van der Waals surface area contributed by atoms with Gasteiger partial charge in [0.15, 0.2) is 5.76 Å². The summed E-state index contributed by atoms with van der Waals surface area (Å²) in [6.07, 6.45) is 5.54. The molecule has 1 amide bonds. The molecule has 172 valence electrons. The molecule has 1 aromatic carbocycles. The van der Waals surface area contributed by atoms with Gasteiger partial charge in [-0.1, -0.05) is 12.1 Å². The molecule has 2 aromatic heterocycles. The first kappa shape index (κ1) is 21.9. The van der Waals surface area contributed by atoms with E-state index in [-0.39, 0.29) is 23.5 Å². The van der Waals surface area contributed by atoms with Crippen LogP contribution in [0.25, 0.3) is 10.1 Å². The highest BCUT2D eigenvalue weighted by Gasteiger charge is 2.25. The van der Waals surface area contributed by atoms with Gasteiger partial charge < -0.3 is 14.6 Å². The number of fused-ring (bicyclic) bond motifs is 1. The fourth-order valence-corrected chi connectivity index (χ4v) is 5.82. The van der Waals surface area contributed by atoms with Crippen molar-refractivity contribution < 1.29 is 9.21 Å². The van der Waals surface area contributed by atoms with Gasteiger partial charge in [0.2, 0.25) is 5.76 Å². The predicted octanol–water partition coefficient (Wildman–Crippen LogP) is 4.26. The van der Waals surface area contributed by atoms with Crippen molar-refractivity contribution in [1.29, 1.82) is 5.26 Å². The number of piperazine rings is 1. The van der Waals surface area contributed by atoms with Crippen molar-refractivity contribution in [3.05, 3.63) is 47.9 Å². The minimum absolute atomic E-state index is 0.171. The molecule has 1 saturated carbocycles. The average Bonchev–Trinajstić information content (AvgIpc) is 3.51. The van der Waals surface area contributed by atoms with E-state index in [2.05, 4.69) is 39.4 Å². The maximum absolute atomic E-state index is 12.3. The zero-order chi connectivity index (χ0) is 22.6. The third kappa shape index (κ3) is 5.05. The van der Waals surface area contributed by atoms with Crippen molar-refractivity contribution >= 4 is 33.3 Å². The lowest BCUT2D eigenvalue weighted by Crippen LogP contribution is -2.47. The molecule has 1 N–H and O–H groups in total. The number of amides is 1. The highest BCUT2D eigenvalue weighted by molar-refractivity contribution is 7.13. The van der Waals surface area contributed by atoms with E-state index in [1.807, 2.05) is 6.07 Å². The molecule has 1 aliphatic carbocycles. The van der Waals surface area contributed by atoms with Crippen LogP contribution in [-0.2, 0) is 0 Å². The molecule has 0 atom stereocenters. The molecule has 5 rings (SSSR count). The molecule has 0 spiro atoms. The van der Waals surface area contributed by atoms with E-state index in [0.717, 1.165) is 70.1 Å². The molecule has 3 aromatic rings. The molecule has 7 nitrogen and oxygen atoms in total. The van der Waals surface area contributed by atoms with E-state index in [1.54, 1.807) is 17.6 Å². The highest BCUT2D eigenvalue weighted by atomic mass is 32.1. The number of furan rings is 1. The second-order valence-corrected chi connectivity index (χ2v) is 9.89. The third-order valence-corrected chi connectivity index (χ3v) is 7.82. The molecule has 33 heavy (non-hydrogen) atoms. The zero-order valence-corrected chi connectivity index (χ0v) is 19.5. The molecule has 0 radical (unpaired) electrons. The summed E-state index contributed by atoms with van der Waals surface area (Å²) in [5.41, 5.74) is 0. The lowest BCUT2D eigenvalue weighted by atomic mass is 9.84. The number of carbonyl (C=O) groups excluding carboxylic acids is 1. The summed E-state index contributed by atoms with van der Waals surface area (Å²) >= 11 is 1.59. The van der Waals surface area contributed by atoms with Gasteiger partial charge in [0.1, 0.15) is 11.9 Å². The highest BCUT2D eigenvalue weighted by Crippen LogP contribution is 2.30. The summed E-state index contributed by atoms with van der Waals surface area (Å²) in [7, 11) is 0. The van der Waals surface area contributed by atoms with Crippen molar-refractivity contribution in [3.8, 4) is 6.07 Å². The van der Waals surface area contributed by atoms with Gasteiger partial charge in [0.05, 0.1) is 4.70 Å². The number of hydrogen-bond acceptors (Lipinski definition) is 7. The Morgan fingerprint density at radius 3 is 2.67 bits per heavy atom. The molecular weight excluding hydrogens is 434 g/mol. The monoisotopic (exact) mass is 463 g/mol. The van der Waals surface area contributed by atoms with E-state index in [4.69, 9.17) is 14.1 Å². The quantitative estimate of drug-likeness (QED) is 0.588. The molecule has 3 heterocycles. The predicted molar refractivity (Wildman–Crippen MR) is 130 cm³/mol. The Bertz CT molecular complexity index is 1130. The van der Waals surface area contributed by atoms with Crippen LogP contribution in [0.5, 0.6) is 0 Å². The van der Waals surface area contributed by atoms with Gasteiger partial charge in [-0.3, -0.25) is 9.69 Å². The van der Waals surface area contributed by atoms with Crippen LogP contribution in [0.4, 0.5) is 5.82 Å². The number of anilines is 1. The lowest BCUT2D eigenvalue weighted by Gasteiger charge is -2.36. The molecule has 0 bridgehead atoms. The van der Waals surface area contributed by atoms with Crippen LogP contribution in [0.2, 0.25) is 0 Å². The van der Waals surface area contributed by atoms with Crippen LogP contribution in [0.3, 0.4) is 0 Å². The van der Waals surface area contributed by atoms with Gasteiger partial charge in [-0.2, -0.15) is 9.64 Å². The minimum Gasteiger partial charge on any atom is -0.440 e. The van der Waals surface area contributed by atoms with Crippen LogP contribution in [0.15, 0.2) is 40.8 Å². The normalized spacial score (nSPS) is 21.7. The average molecular weight is 464 g/mol. The fourth-order valence-electron chi connectivity index (χ4n) is 5.02. The van der Waals surface area contributed by atoms with Crippen molar-refractivity contribution in [2.45, 2.75) is 38.1 Å². The fraction of sp³-hybridized carbons (Fsp3) is 0.480. The zero-order valence-electron chi connectivity index (χ0n) is 18.7. The Labute approximate surface area is 198 Å². The number of carbonyl (C=O) groups is 1. The van der Waals surface area contributed by atoms with Gasteiger partial charge in [-0.05, 0) is 80.4 Å². The third-order valence-electron chi connectivity index (χ3n) is 7.01. The maximum Gasteiger partial charge on any atom is 0.287 e. The van der Waals surface area contributed by atoms with Crippen molar-refractivity contribution in [1.82, 2.24) is 14.6 Å². The molecular formula is C25H29N5O2S. The standard InChI is InChI=1S/C25H29N5O2S/c26-17-20-9-10-22(32-20)25(31)27-19-7-5-18(6-8-19)11-12-29-13-15-30(16-14-29)24-21-3-1-2-4-23(21)33-28-24/h1-4,9-10,18-19H,5-8,11-16H2,(H,27,31). The molecule has 1 aliphatic heterocycles. The van der Waals surface area contributed by atoms with E-state index in [0.29, 0.717) is 0 Å². The maximum atomic E-state index is 12.3. The molecule has 1 saturated heterocycles. The SMILES string of the molecule is N#Cc1ccc(C(=O)NC2CCC(CCN3CCN(c4nsc5ccccc45)CC3)CC2)o1. The number of benzene rings is 1. The first-order valence-corrected chi connectivity index (χ1v) is 12.6. The number of rotatable bonds is 6. The molecule has 2 aliphatic rings. The number of nitrogens with one attached hydrogen (secondary N) is 1. The first-order valence-electron chi connectivity index (χ1n) is 11.8. The smallest absolute Gasteiger partial charge is 0.287 e. The minimum atomic E-state index is -0.217. The van der Waals surface area contributed by atoms with Gasteiger partial charge in [0.25, 0.3) is 5.91 Å². The van der Waals surface area contributed by atoms with Crippen molar-refractivity contribution in [3.63, 3.8) is 0 Å². The number of hydrogen-bond donors (Lipinski definition) is 1. The van der Waals surface area contributed by atoms with Gasteiger partial charge in [-0.25, -0.2) is 0 Å². The summed E-state index contributed by atoms with van der Waals surface area (Å²) in [5, 5.41) is 13.2. The number of nitrogens with zero attached hydrogens (tertiary/aromatic N) is 4. The summed E-state index contributed by atoms with van der Waals surface area (Å²) in [4.78, 5) is 17.3. The van der Waals surface area contributed by atoms with Gasteiger partial charge in [-0.15, -0.1) is 0 Å². The molecule has 0 unspecified atom stereocenters. The van der Waals surface area contributed by atoms with Gasteiger partial charge >= 0.3 is 0 Å².